The van der Waals surface area contributed by atoms with Gasteiger partial charge in [0.25, 0.3) is 0 Å². The van der Waals surface area contributed by atoms with Crippen molar-refractivity contribution in [3.63, 3.8) is 0 Å². The van der Waals surface area contributed by atoms with Gasteiger partial charge >= 0.3 is 5.97 Å². The van der Waals surface area contributed by atoms with Crippen LogP contribution in [0.15, 0.2) is 0 Å². The highest BCUT2D eigenvalue weighted by atomic mass is 79.9. The minimum absolute atomic E-state index is 0.0278. The predicted octanol–water partition coefficient (Wildman–Crippen LogP) is 1.62. The molecule has 0 saturated carbocycles. The van der Waals surface area contributed by atoms with E-state index in [-0.39, 0.29) is 4.83 Å². The van der Waals surface area contributed by atoms with Crippen LogP contribution in [-0.2, 0) is 4.79 Å². The van der Waals surface area contributed by atoms with E-state index in [1.54, 1.807) is 6.92 Å². The van der Waals surface area contributed by atoms with Crippen LogP contribution in [0, 0.1) is 0 Å². The Labute approximate surface area is 64.5 Å². The van der Waals surface area contributed by atoms with Crippen LogP contribution in [0.3, 0.4) is 0 Å². The molecular formula is C4H6Br2O2. The highest BCUT2D eigenvalue weighted by Gasteiger charge is 2.17. The van der Waals surface area contributed by atoms with Gasteiger partial charge in [-0.25, -0.2) is 0 Å². The Bertz CT molecular complexity index is 92.0. The van der Waals surface area contributed by atoms with Gasteiger partial charge in [0.15, 0.2) is 0 Å². The molecule has 0 aliphatic rings. The van der Waals surface area contributed by atoms with Gasteiger partial charge in [-0.15, -0.1) is 0 Å². The van der Waals surface area contributed by atoms with Gasteiger partial charge in [0.05, 0.1) is 0 Å². The number of rotatable bonds is 2. The van der Waals surface area contributed by atoms with Gasteiger partial charge in [-0.05, 0) is 0 Å². The minimum Gasteiger partial charge on any atom is -0.480 e. The fourth-order valence-electron chi connectivity index (χ4n) is 0.196. The second kappa shape index (κ2) is 3.45. The van der Waals surface area contributed by atoms with Crippen LogP contribution in [0.4, 0.5) is 0 Å². The average molecular weight is 246 g/mol. The smallest absolute Gasteiger partial charge is 0.318 e. The third-order valence-corrected chi connectivity index (χ3v) is 3.06. The van der Waals surface area contributed by atoms with E-state index >= 15 is 0 Å². The van der Waals surface area contributed by atoms with Crippen molar-refractivity contribution in [2.45, 2.75) is 16.6 Å². The van der Waals surface area contributed by atoms with Crippen LogP contribution in [0.5, 0.6) is 0 Å². The molecule has 0 amide bonds. The molecular weight excluding hydrogens is 240 g/mol. The van der Waals surface area contributed by atoms with Gasteiger partial charge in [-0.3, -0.25) is 4.79 Å². The molecule has 1 N–H and O–H groups in total. The molecule has 48 valence electrons. The molecule has 0 fully saturated rings. The Morgan fingerprint density at radius 2 is 2.00 bits per heavy atom. The molecule has 8 heavy (non-hydrogen) atoms. The number of carbonyl (C=O) groups is 1. The number of alkyl halides is 2. The molecule has 0 aliphatic heterocycles. The highest BCUT2D eigenvalue weighted by Crippen LogP contribution is 2.12. The van der Waals surface area contributed by atoms with Crippen molar-refractivity contribution in [1.29, 1.82) is 0 Å². The maximum absolute atomic E-state index is 10.1. The molecule has 0 aliphatic carbocycles. The quantitative estimate of drug-likeness (QED) is 0.751. The SMILES string of the molecule is C[C@H](Br)[C@H](Br)C(=O)O. The van der Waals surface area contributed by atoms with Crippen LogP contribution in [-0.4, -0.2) is 20.7 Å². The first kappa shape index (κ1) is 8.43. The molecule has 0 aromatic heterocycles. The summed E-state index contributed by atoms with van der Waals surface area (Å²) in [6, 6.07) is 0. The number of halogens is 2. The molecule has 0 bridgehead atoms. The predicted molar refractivity (Wildman–Crippen MR) is 38.7 cm³/mol. The summed E-state index contributed by atoms with van der Waals surface area (Å²) in [7, 11) is 0. The van der Waals surface area contributed by atoms with Gasteiger partial charge in [-0.2, -0.15) is 0 Å². The first-order chi connectivity index (χ1) is 3.55. The Morgan fingerprint density at radius 1 is 1.62 bits per heavy atom. The fourth-order valence-corrected chi connectivity index (χ4v) is 0.423. The van der Waals surface area contributed by atoms with Crippen molar-refractivity contribution < 1.29 is 9.90 Å². The van der Waals surface area contributed by atoms with Crippen molar-refractivity contribution in [3.8, 4) is 0 Å². The number of aliphatic carboxylic acids is 1. The maximum atomic E-state index is 10.1. The van der Waals surface area contributed by atoms with Gasteiger partial charge in [0.2, 0.25) is 0 Å². The molecule has 0 spiro atoms. The highest BCUT2D eigenvalue weighted by molar-refractivity contribution is 9.12. The van der Waals surface area contributed by atoms with Crippen LogP contribution in [0.25, 0.3) is 0 Å². The molecule has 4 heteroatoms. The molecule has 0 aromatic rings. The van der Waals surface area contributed by atoms with Gasteiger partial charge in [0.1, 0.15) is 4.83 Å². The van der Waals surface area contributed by atoms with E-state index in [4.69, 9.17) is 5.11 Å². The average Bonchev–Trinajstić information content (AvgIpc) is 1.64. The molecule has 0 radical (unpaired) electrons. The lowest BCUT2D eigenvalue weighted by Crippen LogP contribution is -2.20. The van der Waals surface area contributed by atoms with Crippen LogP contribution >= 0.6 is 31.9 Å². The van der Waals surface area contributed by atoms with E-state index in [0.29, 0.717) is 0 Å². The third-order valence-electron chi connectivity index (χ3n) is 0.639. The molecule has 0 heterocycles. The standard InChI is InChI=1S/C4H6Br2O2/c1-2(5)3(6)4(7)8/h2-3H,1H3,(H,7,8)/t2-,3-/m0/s1. The summed E-state index contributed by atoms with van der Waals surface area (Å²) in [5.74, 6) is -0.839. The molecule has 0 saturated heterocycles. The van der Waals surface area contributed by atoms with Crippen LogP contribution in [0.1, 0.15) is 6.92 Å². The van der Waals surface area contributed by atoms with E-state index in [2.05, 4.69) is 31.9 Å². The van der Waals surface area contributed by atoms with E-state index in [0.717, 1.165) is 0 Å². The summed E-state index contributed by atoms with van der Waals surface area (Å²) in [4.78, 5) is 9.55. The topological polar surface area (TPSA) is 37.3 Å². The van der Waals surface area contributed by atoms with E-state index in [1.165, 1.54) is 0 Å². The Morgan fingerprint density at radius 3 is 2.00 bits per heavy atom. The monoisotopic (exact) mass is 244 g/mol. The fraction of sp³-hybridized carbons (Fsp3) is 0.750. The van der Waals surface area contributed by atoms with Crippen molar-refractivity contribution in [2.75, 3.05) is 0 Å². The third kappa shape index (κ3) is 2.67. The summed E-state index contributed by atoms with van der Waals surface area (Å²) in [6.07, 6.45) is 0. The number of hydrogen-bond donors (Lipinski definition) is 1. The summed E-state index contributed by atoms with van der Waals surface area (Å²) < 4.78 is 0. The lowest BCUT2D eigenvalue weighted by molar-refractivity contribution is -0.136. The van der Waals surface area contributed by atoms with Crippen molar-refractivity contribution in [3.05, 3.63) is 0 Å². The molecule has 0 rings (SSSR count). The summed E-state index contributed by atoms with van der Waals surface area (Å²) in [5.41, 5.74) is 0. The Kier molecular flexibility index (Phi) is 3.64. The number of hydrogen-bond acceptors (Lipinski definition) is 1. The first-order valence-corrected chi connectivity index (χ1v) is 3.89. The largest absolute Gasteiger partial charge is 0.480 e. The van der Waals surface area contributed by atoms with E-state index in [9.17, 15) is 4.79 Å². The number of carboxylic acids is 1. The lowest BCUT2D eigenvalue weighted by atomic mass is 10.3. The summed E-state index contributed by atoms with van der Waals surface area (Å²) >= 11 is 6.07. The van der Waals surface area contributed by atoms with Crippen LogP contribution < -0.4 is 0 Å². The molecule has 0 unspecified atom stereocenters. The maximum Gasteiger partial charge on any atom is 0.318 e. The summed E-state index contributed by atoms with van der Waals surface area (Å²) in [6.45, 7) is 1.77. The lowest BCUT2D eigenvalue weighted by Gasteiger charge is -2.03. The Hall–Kier alpha value is 0.430. The van der Waals surface area contributed by atoms with Gasteiger partial charge < -0.3 is 5.11 Å². The second-order valence-corrected chi connectivity index (χ2v) is 3.85. The normalized spacial score (nSPS) is 17.4. The molecule has 0 aromatic carbocycles. The molecule has 2 atom stereocenters. The first-order valence-electron chi connectivity index (χ1n) is 2.06. The van der Waals surface area contributed by atoms with Crippen molar-refractivity contribution in [2.24, 2.45) is 0 Å². The zero-order valence-corrected chi connectivity index (χ0v) is 7.44. The van der Waals surface area contributed by atoms with Crippen molar-refractivity contribution >= 4 is 37.8 Å². The summed E-state index contributed by atoms with van der Waals surface area (Å²) in [5, 5.41) is 8.28. The van der Waals surface area contributed by atoms with E-state index in [1.807, 2.05) is 0 Å². The minimum atomic E-state index is -0.839. The zero-order valence-electron chi connectivity index (χ0n) is 4.27. The van der Waals surface area contributed by atoms with E-state index < -0.39 is 10.8 Å². The van der Waals surface area contributed by atoms with Crippen LogP contribution in [0.2, 0.25) is 0 Å². The van der Waals surface area contributed by atoms with Gasteiger partial charge in [0, 0.05) is 4.83 Å². The Balaban J connectivity index is 3.64. The number of carboxylic acid groups (broad SMARTS) is 1. The zero-order chi connectivity index (χ0) is 6.73. The molecule has 2 nitrogen and oxygen atoms in total. The van der Waals surface area contributed by atoms with Gasteiger partial charge in [-0.1, -0.05) is 38.8 Å². The second-order valence-electron chi connectivity index (χ2n) is 1.42. The van der Waals surface area contributed by atoms with Crippen molar-refractivity contribution in [1.82, 2.24) is 0 Å².